The number of amidine groups is 1. The van der Waals surface area contributed by atoms with Crippen LogP contribution >= 0.6 is 0 Å². The smallest absolute Gasteiger partial charge is 0.0950 e. The van der Waals surface area contributed by atoms with E-state index < -0.39 is 0 Å². The highest BCUT2D eigenvalue weighted by Gasteiger charge is 1.91. The van der Waals surface area contributed by atoms with Gasteiger partial charge in [-0.2, -0.15) is 0 Å². The van der Waals surface area contributed by atoms with Crippen LogP contribution < -0.4 is 5.73 Å². The lowest BCUT2D eigenvalue weighted by Crippen LogP contribution is -2.12. The van der Waals surface area contributed by atoms with Crippen LogP contribution in [-0.2, 0) is 6.42 Å². The number of nitrogens with two attached hydrogens (primary N) is 1. The van der Waals surface area contributed by atoms with Gasteiger partial charge in [-0.25, -0.2) is 0 Å². The van der Waals surface area contributed by atoms with Crippen molar-refractivity contribution in [3.63, 3.8) is 0 Å². The number of hydrogen-bond acceptors (Lipinski definition) is 1. The molecule has 0 saturated carbocycles. The minimum absolute atomic E-state index is 0.200. The van der Waals surface area contributed by atoms with Crippen molar-refractivity contribution in [3.05, 3.63) is 35.9 Å². The molecule has 0 aliphatic heterocycles. The molecule has 2 heteroatoms. The lowest BCUT2D eigenvalue weighted by atomic mass is 10.1. The average Bonchev–Trinajstić information content (AvgIpc) is 1.88. The third kappa shape index (κ3) is 1.90. The lowest BCUT2D eigenvalue weighted by molar-refractivity contribution is 1.25. The highest BCUT2D eigenvalue weighted by Crippen LogP contribution is 1.97. The van der Waals surface area contributed by atoms with Gasteiger partial charge >= 0.3 is 0 Å². The molecule has 2 nitrogen and oxygen atoms in total. The number of hydrogen-bond donors (Lipinski definition) is 2. The molecule has 1 rings (SSSR count). The van der Waals surface area contributed by atoms with Gasteiger partial charge in [-0.3, -0.25) is 5.41 Å². The molecule has 0 bridgehead atoms. The average molecular weight is 133 g/mol. The van der Waals surface area contributed by atoms with E-state index >= 15 is 0 Å². The van der Waals surface area contributed by atoms with Crippen molar-refractivity contribution in [2.75, 3.05) is 0 Å². The summed E-state index contributed by atoms with van der Waals surface area (Å²) in [6.45, 7) is 0. The molecule has 10 heavy (non-hydrogen) atoms. The molecule has 0 aromatic heterocycles. The van der Waals surface area contributed by atoms with Crippen LogP contribution in [-0.4, -0.2) is 5.84 Å². The first-order valence-electron chi connectivity index (χ1n) is 3.07. The van der Waals surface area contributed by atoms with Crippen molar-refractivity contribution in [2.45, 2.75) is 6.42 Å². The summed E-state index contributed by atoms with van der Waals surface area (Å²) in [6, 6.07) is 10.3. The van der Waals surface area contributed by atoms with E-state index in [1.54, 1.807) is 0 Å². The van der Waals surface area contributed by atoms with Crippen molar-refractivity contribution < 1.29 is 0 Å². The Balaban J connectivity index is 2.67. The highest BCUT2D eigenvalue weighted by molar-refractivity contribution is 5.79. The SMILES string of the molecule is N=C(N)Cc1cc[c]cc1. The second-order valence-electron chi connectivity index (χ2n) is 2.11. The Morgan fingerprint density at radius 3 is 2.60 bits per heavy atom. The maximum atomic E-state index is 7.00. The number of nitrogens with one attached hydrogen (secondary N) is 1. The summed E-state index contributed by atoms with van der Waals surface area (Å²) >= 11 is 0. The van der Waals surface area contributed by atoms with Gasteiger partial charge in [0.15, 0.2) is 0 Å². The maximum Gasteiger partial charge on any atom is 0.0950 e. The molecule has 3 N–H and O–H groups in total. The molecule has 0 saturated heterocycles. The van der Waals surface area contributed by atoms with Crippen molar-refractivity contribution >= 4 is 5.84 Å². The Hall–Kier alpha value is -1.31. The molecule has 1 radical (unpaired) electrons. The monoisotopic (exact) mass is 133 g/mol. The summed E-state index contributed by atoms with van der Waals surface area (Å²) in [4.78, 5) is 0. The van der Waals surface area contributed by atoms with Gasteiger partial charge in [-0.1, -0.05) is 24.3 Å². The molecule has 0 aliphatic carbocycles. The summed E-state index contributed by atoms with van der Waals surface area (Å²) in [7, 11) is 0. The minimum Gasteiger partial charge on any atom is -0.387 e. The zero-order chi connectivity index (χ0) is 7.40. The van der Waals surface area contributed by atoms with Gasteiger partial charge in [0.2, 0.25) is 0 Å². The normalized spacial score (nSPS) is 9.20. The Morgan fingerprint density at radius 1 is 1.50 bits per heavy atom. The van der Waals surface area contributed by atoms with Crippen molar-refractivity contribution in [1.82, 2.24) is 0 Å². The van der Waals surface area contributed by atoms with Crippen LogP contribution in [0.3, 0.4) is 0 Å². The molecule has 0 unspecified atom stereocenters. The van der Waals surface area contributed by atoms with Crippen molar-refractivity contribution in [3.8, 4) is 0 Å². The van der Waals surface area contributed by atoms with Crippen LogP contribution in [0.5, 0.6) is 0 Å². The topological polar surface area (TPSA) is 49.9 Å². The molecule has 0 atom stereocenters. The number of benzene rings is 1. The maximum absolute atomic E-state index is 7.00. The standard InChI is InChI=1S/C8H9N2/c9-8(10)6-7-4-2-1-3-5-7/h2-5H,6H2,(H3,9,10). The summed E-state index contributed by atoms with van der Waals surface area (Å²) in [6.07, 6.45) is 0.536. The molecule has 51 valence electrons. The van der Waals surface area contributed by atoms with Gasteiger partial charge in [0.05, 0.1) is 5.84 Å². The number of rotatable bonds is 2. The highest BCUT2D eigenvalue weighted by atomic mass is 14.7. The van der Waals surface area contributed by atoms with Gasteiger partial charge < -0.3 is 5.73 Å². The van der Waals surface area contributed by atoms with E-state index in [4.69, 9.17) is 11.1 Å². The van der Waals surface area contributed by atoms with E-state index in [2.05, 4.69) is 6.07 Å². The second kappa shape index (κ2) is 3.01. The molecule has 1 aromatic carbocycles. The van der Waals surface area contributed by atoms with Gasteiger partial charge in [0, 0.05) is 6.42 Å². The lowest BCUT2D eigenvalue weighted by Gasteiger charge is -1.95. The summed E-state index contributed by atoms with van der Waals surface area (Å²) in [5.74, 6) is 0.200. The van der Waals surface area contributed by atoms with E-state index in [1.165, 1.54) is 0 Å². The van der Waals surface area contributed by atoms with Gasteiger partial charge in [0.25, 0.3) is 0 Å². The van der Waals surface area contributed by atoms with E-state index in [0.29, 0.717) is 6.42 Å². The molecule has 0 heterocycles. The molecular formula is C8H9N2. The van der Waals surface area contributed by atoms with E-state index in [-0.39, 0.29) is 5.84 Å². The predicted octanol–water partition coefficient (Wildman–Crippen LogP) is 0.965. The Labute approximate surface area is 60.2 Å². The molecule has 1 aromatic rings. The van der Waals surface area contributed by atoms with Gasteiger partial charge in [-0.15, -0.1) is 0 Å². The molecule has 0 aliphatic rings. The largest absolute Gasteiger partial charge is 0.387 e. The third-order valence-electron chi connectivity index (χ3n) is 1.18. The van der Waals surface area contributed by atoms with E-state index in [9.17, 15) is 0 Å². The Bertz CT molecular complexity index is 216. The zero-order valence-electron chi connectivity index (χ0n) is 5.59. The molecule has 0 amide bonds. The zero-order valence-corrected chi connectivity index (χ0v) is 5.59. The van der Waals surface area contributed by atoms with Crippen LogP contribution in [0.1, 0.15) is 5.56 Å². The first-order chi connectivity index (χ1) is 4.79. The Morgan fingerprint density at radius 2 is 2.10 bits per heavy atom. The van der Waals surface area contributed by atoms with Crippen LogP contribution in [0.15, 0.2) is 24.3 Å². The summed E-state index contributed by atoms with van der Waals surface area (Å²) < 4.78 is 0. The summed E-state index contributed by atoms with van der Waals surface area (Å²) in [5, 5.41) is 7.00. The fraction of sp³-hybridized carbons (Fsp3) is 0.125. The minimum atomic E-state index is 0.200. The van der Waals surface area contributed by atoms with Crippen LogP contribution in [0.25, 0.3) is 0 Å². The molecular weight excluding hydrogens is 124 g/mol. The summed E-state index contributed by atoms with van der Waals surface area (Å²) in [5.41, 5.74) is 6.26. The third-order valence-corrected chi connectivity index (χ3v) is 1.18. The van der Waals surface area contributed by atoms with E-state index in [0.717, 1.165) is 5.56 Å². The van der Waals surface area contributed by atoms with Crippen LogP contribution in [0.2, 0.25) is 0 Å². The van der Waals surface area contributed by atoms with Crippen molar-refractivity contribution in [1.29, 1.82) is 5.41 Å². The fourth-order valence-electron chi connectivity index (χ4n) is 0.759. The predicted molar refractivity (Wildman–Crippen MR) is 40.9 cm³/mol. The molecule has 0 spiro atoms. The van der Waals surface area contributed by atoms with Crippen molar-refractivity contribution in [2.24, 2.45) is 5.73 Å². The first-order valence-corrected chi connectivity index (χ1v) is 3.07. The van der Waals surface area contributed by atoms with Gasteiger partial charge in [-0.05, 0) is 11.6 Å². The molecule has 0 fully saturated rings. The second-order valence-corrected chi connectivity index (χ2v) is 2.11. The van der Waals surface area contributed by atoms with Crippen LogP contribution in [0, 0.1) is 11.5 Å². The van der Waals surface area contributed by atoms with Crippen LogP contribution in [0.4, 0.5) is 0 Å². The quantitative estimate of drug-likeness (QED) is 0.458. The van der Waals surface area contributed by atoms with E-state index in [1.807, 2.05) is 24.3 Å². The van der Waals surface area contributed by atoms with Gasteiger partial charge in [0.1, 0.15) is 0 Å². The first kappa shape index (κ1) is 6.81. The Kier molecular flexibility index (Phi) is 2.05. The fourth-order valence-corrected chi connectivity index (χ4v) is 0.759.